The van der Waals surface area contributed by atoms with Gasteiger partial charge in [-0.1, -0.05) is 13.0 Å². The molecule has 1 aromatic carbocycles. The number of benzene rings is 1. The van der Waals surface area contributed by atoms with Crippen LogP contribution >= 0.6 is 11.3 Å². The van der Waals surface area contributed by atoms with Crippen molar-refractivity contribution in [3.05, 3.63) is 45.4 Å². The Morgan fingerprint density at radius 1 is 1.32 bits per heavy atom. The summed E-state index contributed by atoms with van der Waals surface area (Å²) in [6.07, 6.45) is 4.78. The second-order valence-corrected chi connectivity index (χ2v) is 8.95. The van der Waals surface area contributed by atoms with Crippen LogP contribution in [0.25, 0.3) is 0 Å². The third-order valence-electron chi connectivity index (χ3n) is 6.46. The molecular formula is C20H25NO3S. The Hall–Kier alpha value is -1.43. The van der Waals surface area contributed by atoms with E-state index in [0.717, 1.165) is 24.1 Å². The van der Waals surface area contributed by atoms with Crippen LogP contribution in [-0.4, -0.2) is 26.4 Å². The van der Waals surface area contributed by atoms with Crippen molar-refractivity contribution in [2.24, 2.45) is 5.92 Å². The first-order valence-electron chi connectivity index (χ1n) is 9.05. The summed E-state index contributed by atoms with van der Waals surface area (Å²) in [5.41, 5.74) is 1.02. The Balaban J connectivity index is 1.77. The van der Waals surface area contributed by atoms with E-state index in [-0.39, 0.29) is 5.41 Å². The summed E-state index contributed by atoms with van der Waals surface area (Å²) in [5, 5.41) is 32.8. The number of aryl methyl sites for hydroxylation is 2. The van der Waals surface area contributed by atoms with Crippen molar-refractivity contribution < 1.29 is 15.3 Å². The Morgan fingerprint density at radius 3 is 2.80 bits per heavy atom. The van der Waals surface area contributed by atoms with Crippen LogP contribution in [-0.2, 0) is 17.4 Å². The van der Waals surface area contributed by atoms with Crippen molar-refractivity contribution in [2.75, 3.05) is 0 Å². The van der Waals surface area contributed by atoms with E-state index in [2.05, 4.69) is 11.9 Å². The molecule has 4 atom stereocenters. The third kappa shape index (κ3) is 2.44. The van der Waals surface area contributed by atoms with Crippen LogP contribution in [0.5, 0.6) is 5.75 Å². The van der Waals surface area contributed by atoms with E-state index in [4.69, 9.17) is 0 Å². The number of aromatic hydroxyl groups is 1. The lowest BCUT2D eigenvalue weighted by Crippen LogP contribution is -2.56. The zero-order valence-corrected chi connectivity index (χ0v) is 15.5. The number of nitrogens with zero attached hydrogens (tertiary/aromatic N) is 1. The highest BCUT2D eigenvalue weighted by Crippen LogP contribution is 2.57. The summed E-state index contributed by atoms with van der Waals surface area (Å²) in [6, 6.07) is 5.63. The van der Waals surface area contributed by atoms with Crippen molar-refractivity contribution in [3.63, 3.8) is 0 Å². The number of hydrogen-bond acceptors (Lipinski definition) is 5. The molecule has 134 valence electrons. The Morgan fingerprint density at radius 2 is 2.12 bits per heavy atom. The van der Waals surface area contributed by atoms with Crippen LogP contribution in [0.3, 0.4) is 0 Å². The maximum absolute atomic E-state index is 11.3. The number of aromatic nitrogens is 1. The highest BCUT2D eigenvalue weighted by atomic mass is 32.1. The zero-order valence-electron chi connectivity index (χ0n) is 14.7. The van der Waals surface area contributed by atoms with E-state index in [1.807, 2.05) is 19.1 Å². The predicted octanol–water partition coefficient (Wildman–Crippen LogP) is 3.41. The maximum Gasteiger partial charge on any atom is 0.142 e. The molecule has 1 saturated carbocycles. The average molecular weight is 359 g/mol. The van der Waals surface area contributed by atoms with E-state index in [9.17, 15) is 15.3 Å². The highest BCUT2D eigenvalue weighted by Gasteiger charge is 2.56. The van der Waals surface area contributed by atoms with Gasteiger partial charge in [-0.15, -0.1) is 11.3 Å². The molecule has 2 aliphatic carbocycles. The summed E-state index contributed by atoms with van der Waals surface area (Å²) >= 11 is 1.48. The summed E-state index contributed by atoms with van der Waals surface area (Å²) in [4.78, 5) is 5.43. The fraction of sp³-hybridized carbons (Fsp3) is 0.550. The molecule has 0 radical (unpaired) electrons. The van der Waals surface area contributed by atoms with E-state index in [1.54, 1.807) is 12.3 Å². The first-order valence-corrected chi connectivity index (χ1v) is 9.86. The minimum Gasteiger partial charge on any atom is -0.508 e. The number of phenolic OH excluding ortho intramolecular Hbond substituents is 1. The molecule has 2 aliphatic rings. The van der Waals surface area contributed by atoms with Gasteiger partial charge in [0.15, 0.2) is 0 Å². The lowest BCUT2D eigenvalue weighted by atomic mass is 9.52. The van der Waals surface area contributed by atoms with E-state index < -0.39 is 11.7 Å². The molecule has 0 unspecified atom stereocenters. The number of hydrogen-bond donors (Lipinski definition) is 3. The Kier molecular flexibility index (Phi) is 3.94. The van der Waals surface area contributed by atoms with Crippen LogP contribution in [0, 0.1) is 12.8 Å². The normalized spacial score (nSPS) is 34.4. The zero-order chi connectivity index (χ0) is 17.8. The quantitative estimate of drug-likeness (QED) is 0.768. The monoisotopic (exact) mass is 359 g/mol. The highest BCUT2D eigenvalue weighted by molar-refractivity contribution is 7.11. The van der Waals surface area contributed by atoms with Crippen molar-refractivity contribution in [3.8, 4) is 5.75 Å². The fourth-order valence-corrected chi connectivity index (χ4v) is 6.02. The van der Waals surface area contributed by atoms with Crippen molar-refractivity contribution in [1.29, 1.82) is 0 Å². The molecule has 4 nitrogen and oxygen atoms in total. The predicted molar refractivity (Wildman–Crippen MR) is 97.9 cm³/mol. The smallest absolute Gasteiger partial charge is 0.142 e. The summed E-state index contributed by atoms with van der Waals surface area (Å²) < 4.78 is 0. The van der Waals surface area contributed by atoms with Crippen LogP contribution in [0.1, 0.15) is 53.6 Å². The first-order chi connectivity index (χ1) is 11.9. The van der Waals surface area contributed by atoms with Gasteiger partial charge >= 0.3 is 0 Å². The minimum absolute atomic E-state index is 0.140. The van der Waals surface area contributed by atoms with Crippen LogP contribution in [0.4, 0.5) is 0 Å². The topological polar surface area (TPSA) is 73.6 Å². The van der Waals surface area contributed by atoms with Gasteiger partial charge in [0, 0.05) is 16.5 Å². The molecule has 4 rings (SSSR count). The molecule has 0 saturated heterocycles. The summed E-state index contributed by atoms with van der Waals surface area (Å²) in [7, 11) is 0. The van der Waals surface area contributed by atoms with Gasteiger partial charge in [-0.3, -0.25) is 0 Å². The third-order valence-corrected chi connectivity index (χ3v) is 7.54. The van der Waals surface area contributed by atoms with Gasteiger partial charge in [0.05, 0.1) is 6.10 Å². The Bertz CT molecular complexity index is 804. The van der Waals surface area contributed by atoms with Crippen molar-refractivity contribution in [1.82, 2.24) is 4.98 Å². The molecule has 0 spiro atoms. The molecule has 25 heavy (non-hydrogen) atoms. The van der Waals surface area contributed by atoms with Crippen LogP contribution in [0.15, 0.2) is 24.4 Å². The van der Waals surface area contributed by atoms with Gasteiger partial charge in [0.25, 0.3) is 0 Å². The summed E-state index contributed by atoms with van der Waals surface area (Å²) in [6.45, 7) is 4.14. The average Bonchev–Trinajstić information content (AvgIpc) is 3.03. The lowest BCUT2D eigenvalue weighted by molar-refractivity contribution is -0.146. The fourth-order valence-electron chi connectivity index (χ4n) is 5.11. The van der Waals surface area contributed by atoms with E-state index in [1.165, 1.54) is 22.5 Å². The largest absolute Gasteiger partial charge is 0.508 e. The standard InChI is InChI=1S/C20H25NO3S/c1-3-19-10-17(23)20(24,18-21-11-12(2)25-18)9-14(19)5-4-13-8-15(22)6-7-16(13)19/h6-8,11,14,17,22-24H,3-5,9-10H2,1-2H3/t14-,17+,19-,20+/m1/s1. The van der Waals surface area contributed by atoms with Gasteiger partial charge in [-0.05, 0) is 68.2 Å². The van der Waals surface area contributed by atoms with E-state index >= 15 is 0 Å². The maximum atomic E-state index is 11.3. The summed E-state index contributed by atoms with van der Waals surface area (Å²) in [5.74, 6) is 0.599. The van der Waals surface area contributed by atoms with Crippen LogP contribution < -0.4 is 0 Å². The molecule has 1 heterocycles. The van der Waals surface area contributed by atoms with Gasteiger partial charge in [0.2, 0.25) is 0 Å². The number of aliphatic hydroxyl groups excluding tert-OH is 1. The van der Waals surface area contributed by atoms with Gasteiger partial charge in [-0.25, -0.2) is 4.98 Å². The molecule has 1 aromatic heterocycles. The van der Waals surface area contributed by atoms with Crippen molar-refractivity contribution >= 4 is 11.3 Å². The Labute approximate surface area is 152 Å². The number of thiazole rings is 1. The van der Waals surface area contributed by atoms with Gasteiger partial charge in [-0.2, -0.15) is 0 Å². The van der Waals surface area contributed by atoms with Gasteiger partial charge in [0.1, 0.15) is 16.4 Å². The first kappa shape index (κ1) is 17.0. The molecule has 2 aromatic rings. The molecule has 0 aliphatic heterocycles. The molecular weight excluding hydrogens is 334 g/mol. The molecule has 5 heteroatoms. The number of fused-ring (bicyclic) bond motifs is 3. The number of rotatable bonds is 2. The molecule has 0 amide bonds. The van der Waals surface area contributed by atoms with Crippen molar-refractivity contribution in [2.45, 2.75) is 63.1 Å². The molecule has 3 N–H and O–H groups in total. The van der Waals surface area contributed by atoms with Gasteiger partial charge < -0.3 is 15.3 Å². The second-order valence-electron chi connectivity index (χ2n) is 7.71. The molecule has 0 bridgehead atoms. The number of phenols is 1. The lowest BCUT2D eigenvalue weighted by Gasteiger charge is -2.54. The molecule has 1 fully saturated rings. The van der Waals surface area contributed by atoms with E-state index in [0.29, 0.717) is 29.5 Å². The second kappa shape index (κ2) is 5.79. The number of aliphatic hydroxyl groups is 2. The minimum atomic E-state index is -1.25. The van der Waals surface area contributed by atoms with Crippen LogP contribution in [0.2, 0.25) is 0 Å². The SMILES string of the molecule is CC[C@@]12C[C@H](O)[C@](O)(c3ncc(C)s3)C[C@H]1CCc1cc(O)ccc12.